The highest BCUT2D eigenvalue weighted by atomic mass is 16.5. The van der Waals surface area contributed by atoms with Gasteiger partial charge in [-0.05, 0) is 38.0 Å². The van der Waals surface area contributed by atoms with Gasteiger partial charge < -0.3 is 15.4 Å². The van der Waals surface area contributed by atoms with Crippen LogP contribution in [0.3, 0.4) is 0 Å². The molecule has 8 nitrogen and oxygen atoms in total. The number of nitrogens with zero attached hydrogens (tertiary/aromatic N) is 3. The van der Waals surface area contributed by atoms with Crippen LogP contribution in [-0.4, -0.2) is 39.4 Å². The second-order valence-electron chi connectivity index (χ2n) is 5.87. The van der Waals surface area contributed by atoms with Crippen LogP contribution >= 0.6 is 0 Å². The molecule has 1 aliphatic heterocycles. The SMILES string of the molecule is CCNC(=O)c1ccc2c(c1)OCc1c(C(=O)NC3CC3)nnn1-2. The quantitative estimate of drug-likeness (QED) is 0.865. The van der Waals surface area contributed by atoms with E-state index in [1.165, 1.54) is 0 Å². The Bertz CT molecular complexity index is 825. The highest BCUT2D eigenvalue weighted by Gasteiger charge is 2.30. The molecule has 124 valence electrons. The summed E-state index contributed by atoms with van der Waals surface area (Å²) in [4.78, 5) is 24.1. The molecule has 1 saturated carbocycles. The number of aromatic nitrogens is 3. The van der Waals surface area contributed by atoms with Crippen LogP contribution in [0.4, 0.5) is 0 Å². The monoisotopic (exact) mass is 327 g/mol. The largest absolute Gasteiger partial charge is 0.485 e. The summed E-state index contributed by atoms with van der Waals surface area (Å²) in [6.45, 7) is 2.61. The van der Waals surface area contributed by atoms with Crippen LogP contribution in [0, 0.1) is 0 Å². The lowest BCUT2D eigenvalue weighted by atomic mass is 10.1. The van der Waals surface area contributed by atoms with Crippen LogP contribution in [0.2, 0.25) is 0 Å². The zero-order valence-corrected chi connectivity index (χ0v) is 13.2. The van der Waals surface area contributed by atoms with Gasteiger partial charge in [-0.15, -0.1) is 5.10 Å². The van der Waals surface area contributed by atoms with E-state index in [1.807, 2.05) is 6.92 Å². The Labute approximate surface area is 138 Å². The van der Waals surface area contributed by atoms with Crippen molar-refractivity contribution in [2.24, 2.45) is 0 Å². The molecule has 2 aromatic rings. The minimum atomic E-state index is -0.218. The average Bonchev–Trinajstić information content (AvgIpc) is 3.29. The molecule has 1 aliphatic carbocycles. The van der Waals surface area contributed by atoms with Crippen molar-refractivity contribution in [2.75, 3.05) is 6.54 Å². The van der Waals surface area contributed by atoms with Crippen molar-refractivity contribution in [3.8, 4) is 11.4 Å². The standard InChI is InChI=1S/C16H17N5O3/c1-2-17-15(22)9-3-6-11-13(7-9)24-8-12-14(19-20-21(11)12)16(23)18-10-4-5-10/h3,6-7,10H,2,4-5,8H2,1H3,(H,17,22)(H,18,23). The Hall–Kier alpha value is -2.90. The molecule has 0 radical (unpaired) electrons. The van der Waals surface area contributed by atoms with Gasteiger partial charge >= 0.3 is 0 Å². The summed E-state index contributed by atoms with van der Waals surface area (Å²) in [5.74, 6) is 0.174. The van der Waals surface area contributed by atoms with E-state index in [0.717, 1.165) is 12.8 Å². The van der Waals surface area contributed by atoms with Crippen molar-refractivity contribution in [2.45, 2.75) is 32.4 Å². The Kier molecular flexibility index (Phi) is 3.44. The van der Waals surface area contributed by atoms with Gasteiger partial charge in [-0.2, -0.15) is 0 Å². The van der Waals surface area contributed by atoms with E-state index in [1.54, 1.807) is 22.9 Å². The minimum absolute atomic E-state index is 0.155. The topological polar surface area (TPSA) is 98.1 Å². The predicted octanol–water partition coefficient (Wildman–Crippen LogP) is 0.802. The Morgan fingerprint density at radius 3 is 2.92 bits per heavy atom. The number of amides is 2. The molecule has 0 saturated heterocycles. The van der Waals surface area contributed by atoms with E-state index in [4.69, 9.17) is 4.74 Å². The highest BCUT2D eigenvalue weighted by Crippen LogP contribution is 2.31. The first-order valence-corrected chi connectivity index (χ1v) is 7.98. The van der Waals surface area contributed by atoms with Gasteiger partial charge in [0.15, 0.2) is 5.69 Å². The maximum Gasteiger partial charge on any atom is 0.274 e. The Balaban J connectivity index is 1.65. The lowest BCUT2D eigenvalue weighted by Crippen LogP contribution is -2.28. The summed E-state index contributed by atoms with van der Waals surface area (Å²) in [5.41, 5.74) is 2.10. The normalized spacial score (nSPS) is 15.0. The van der Waals surface area contributed by atoms with Crippen molar-refractivity contribution in [1.29, 1.82) is 0 Å². The van der Waals surface area contributed by atoms with Gasteiger partial charge in [0.25, 0.3) is 11.8 Å². The smallest absolute Gasteiger partial charge is 0.274 e. The van der Waals surface area contributed by atoms with Crippen molar-refractivity contribution in [3.63, 3.8) is 0 Å². The molecule has 2 amide bonds. The molecule has 1 aromatic heterocycles. The van der Waals surface area contributed by atoms with Crippen molar-refractivity contribution in [3.05, 3.63) is 35.2 Å². The molecule has 2 heterocycles. The third kappa shape index (κ3) is 2.49. The molecule has 0 spiro atoms. The van der Waals surface area contributed by atoms with E-state index < -0.39 is 0 Å². The third-order valence-corrected chi connectivity index (χ3v) is 4.04. The predicted molar refractivity (Wildman–Crippen MR) is 84.2 cm³/mol. The molecule has 24 heavy (non-hydrogen) atoms. The van der Waals surface area contributed by atoms with Crippen LogP contribution < -0.4 is 15.4 Å². The van der Waals surface area contributed by atoms with Crippen LogP contribution in [0.5, 0.6) is 5.75 Å². The van der Waals surface area contributed by atoms with E-state index in [-0.39, 0.29) is 24.5 Å². The molecule has 0 bridgehead atoms. The number of ether oxygens (including phenoxy) is 1. The molecule has 0 unspecified atom stereocenters. The Morgan fingerprint density at radius 1 is 1.33 bits per heavy atom. The van der Waals surface area contributed by atoms with Crippen LogP contribution in [-0.2, 0) is 6.61 Å². The average molecular weight is 327 g/mol. The second kappa shape index (κ2) is 5.63. The molecular formula is C16H17N5O3. The lowest BCUT2D eigenvalue weighted by Gasteiger charge is -2.19. The van der Waals surface area contributed by atoms with Crippen molar-refractivity contribution in [1.82, 2.24) is 25.6 Å². The van der Waals surface area contributed by atoms with Gasteiger partial charge in [0.2, 0.25) is 0 Å². The molecule has 2 N–H and O–H groups in total. The zero-order chi connectivity index (χ0) is 16.7. The van der Waals surface area contributed by atoms with Gasteiger partial charge in [-0.1, -0.05) is 5.21 Å². The van der Waals surface area contributed by atoms with Gasteiger partial charge in [0, 0.05) is 18.2 Å². The molecule has 4 rings (SSSR count). The van der Waals surface area contributed by atoms with E-state index in [2.05, 4.69) is 20.9 Å². The third-order valence-electron chi connectivity index (χ3n) is 4.04. The first-order valence-electron chi connectivity index (χ1n) is 7.98. The minimum Gasteiger partial charge on any atom is -0.485 e. The number of hydrogen-bond donors (Lipinski definition) is 2. The summed E-state index contributed by atoms with van der Waals surface area (Å²) in [6, 6.07) is 5.38. The highest BCUT2D eigenvalue weighted by molar-refractivity contribution is 5.95. The second-order valence-corrected chi connectivity index (χ2v) is 5.87. The molecule has 2 aliphatic rings. The number of carbonyl (C=O) groups is 2. The summed E-state index contributed by atoms with van der Waals surface area (Å²) in [7, 11) is 0. The first kappa shape index (κ1) is 14.7. The first-order chi connectivity index (χ1) is 11.7. The lowest BCUT2D eigenvalue weighted by molar-refractivity contribution is 0.0940. The summed E-state index contributed by atoms with van der Waals surface area (Å²) < 4.78 is 7.33. The molecule has 8 heteroatoms. The Morgan fingerprint density at radius 2 is 2.17 bits per heavy atom. The van der Waals surface area contributed by atoms with Gasteiger partial charge in [0.05, 0.1) is 0 Å². The molecular weight excluding hydrogens is 310 g/mol. The van der Waals surface area contributed by atoms with Crippen LogP contribution in [0.25, 0.3) is 5.69 Å². The zero-order valence-electron chi connectivity index (χ0n) is 13.2. The van der Waals surface area contributed by atoms with E-state index >= 15 is 0 Å². The fourth-order valence-electron chi connectivity index (χ4n) is 2.64. The van der Waals surface area contributed by atoms with Gasteiger partial charge in [-0.25, -0.2) is 4.68 Å². The van der Waals surface area contributed by atoms with E-state index in [9.17, 15) is 9.59 Å². The maximum absolute atomic E-state index is 12.2. The summed E-state index contributed by atoms with van der Waals surface area (Å²) in [6.07, 6.45) is 2.02. The fourth-order valence-corrected chi connectivity index (χ4v) is 2.64. The summed E-state index contributed by atoms with van der Waals surface area (Å²) >= 11 is 0. The molecule has 0 atom stereocenters. The number of carbonyl (C=O) groups excluding carboxylic acids is 2. The van der Waals surface area contributed by atoms with E-state index in [0.29, 0.717) is 34.9 Å². The molecule has 1 fully saturated rings. The number of fused-ring (bicyclic) bond motifs is 3. The van der Waals surface area contributed by atoms with Gasteiger partial charge in [-0.3, -0.25) is 9.59 Å². The summed E-state index contributed by atoms with van der Waals surface area (Å²) in [5, 5.41) is 13.7. The number of benzene rings is 1. The number of nitrogens with one attached hydrogen (secondary N) is 2. The van der Waals surface area contributed by atoms with Gasteiger partial charge in [0.1, 0.15) is 23.7 Å². The van der Waals surface area contributed by atoms with Crippen LogP contribution in [0.15, 0.2) is 18.2 Å². The van der Waals surface area contributed by atoms with Crippen LogP contribution in [0.1, 0.15) is 46.3 Å². The number of hydrogen-bond acceptors (Lipinski definition) is 5. The molecule has 1 aromatic carbocycles. The fraction of sp³-hybridized carbons (Fsp3) is 0.375. The van der Waals surface area contributed by atoms with Crippen molar-refractivity contribution < 1.29 is 14.3 Å². The maximum atomic E-state index is 12.2. The van der Waals surface area contributed by atoms with Crippen molar-refractivity contribution >= 4 is 11.8 Å². The number of rotatable bonds is 4.